The Balaban J connectivity index is 2.66. The van der Waals surface area contributed by atoms with Gasteiger partial charge >= 0.3 is 11.9 Å². The Morgan fingerprint density at radius 1 is 1.30 bits per heavy atom. The van der Waals surface area contributed by atoms with Crippen molar-refractivity contribution >= 4 is 35.2 Å². The van der Waals surface area contributed by atoms with Crippen molar-refractivity contribution in [3.63, 3.8) is 0 Å². The predicted molar refractivity (Wildman–Crippen MR) is 119 cm³/mol. The molecule has 0 spiro atoms. The molecule has 2 unspecified atom stereocenters. The van der Waals surface area contributed by atoms with Gasteiger partial charge in [-0.15, -0.1) is 0 Å². The summed E-state index contributed by atoms with van der Waals surface area (Å²) in [6, 6.07) is 5.57. The SMILES string of the molecule is CCOC(=O)C1=C(C[S+]([O-])CCNC=O)NC(C)=C(C(=O)OC)C1c1cccc([N+](=O)[O-])c1. The number of nitrogens with zero attached hydrogens (tertiary/aromatic N) is 1. The van der Waals surface area contributed by atoms with Gasteiger partial charge in [-0.3, -0.25) is 14.9 Å². The number of benzene rings is 1. The lowest BCUT2D eigenvalue weighted by Gasteiger charge is -2.31. The number of methoxy groups -OCH3 is 1. The van der Waals surface area contributed by atoms with E-state index >= 15 is 0 Å². The number of dihydropyridines is 1. The maximum atomic E-state index is 13.0. The molecule has 1 aromatic rings. The highest BCUT2D eigenvalue weighted by molar-refractivity contribution is 7.91. The highest BCUT2D eigenvalue weighted by atomic mass is 32.2. The summed E-state index contributed by atoms with van der Waals surface area (Å²) in [7, 11) is 1.19. The molecule has 0 aliphatic carbocycles. The highest BCUT2D eigenvalue weighted by Crippen LogP contribution is 2.40. The van der Waals surface area contributed by atoms with E-state index < -0.39 is 34.0 Å². The van der Waals surface area contributed by atoms with Crippen molar-refractivity contribution in [1.82, 2.24) is 10.6 Å². The number of nitro benzene ring substituents is 1. The zero-order valence-corrected chi connectivity index (χ0v) is 19.2. The van der Waals surface area contributed by atoms with Crippen LogP contribution in [0.25, 0.3) is 0 Å². The Labute approximate surface area is 193 Å². The second kappa shape index (κ2) is 12.0. The Morgan fingerprint density at radius 3 is 2.64 bits per heavy atom. The third-order valence-corrected chi connectivity index (χ3v) is 6.09. The number of carbonyl (C=O) groups is 3. The van der Waals surface area contributed by atoms with E-state index in [-0.39, 0.29) is 47.2 Å². The number of amides is 1. The second-order valence-corrected chi connectivity index (χ2v) is 8.49. The summed E-state index contributed by atoms with van der Waals surface area (Å²) in [4.78, 5) is 46.9. The molecule has 0 saturated heterocycles. The summed E-state index contributed by atoms with van der Waals surface area (Å²) in [6.07, 6.45) is 0.493. The minimum absolute atomic E-state index is 0.0139. The van der Waals surface area contributed by atoms with Gasteiger partial charge in [0.2, 0.25) is 6.41 Å². The summed E-state index contributed by atoms with van der Waals surface area (Å²) < 4.78 is 22.7. The van der Waals surface area contributed by atoms with Crippen LogP contribution in [0.4, 0.5) is 5.69 Å². The fourth-order valence-electron chi connectivity index (χ4n) is 3.46. The lowest BCUT2D eigenvalue weighted by atomic mass is 9.80. The van der Waals surface area contributed by atoms with Crippen LogP contribution in [0.5, 0.6) is 0 Å². The fraction of sp³-hybridized carbons (Fsp3) is 0.381. The number of non-ortho nitro benzene ring substituents is 1. The monoisotopic (exact) mass is 479 g/mol. The number of rotatable bonds is 11. The molecule has 0 radical (unpaired) electrons. The summed E-state index contributed by atoms with van der Waals surface area (Å²) in [5, 5.41) is 16.7. The van der Waals surface area contributed by atoms with Crippen molar-refractivity contribution in [2.24, 2.45) is 0 Å². The molecule has 11 nitrogen and oxygen atoms in total. The van der Waals surface area contributed by atoms with Crippen LogP contribution in [0, 0.1) is 10.1 Å². The Kier molecular flexibility index (Phi) is 9.43. The Morgan fingerprint density at radius 2 is 2.03 bits per heavy atom. The van der Waals surface area contributed by atoms with Crippen LogP contribution in [0.15, 0.2) is 46.8 Å². The standard InChI is InChI=1S/C21H25N3O8S/c1-4-32-21(27)19-16(11-33(30)9-8-22-12-25)23-13(2)17(20(26)31-3)18(19)14-6-5-7-15(10-14)24(28)29/h5-7,10,12,18,23H,4,8-9,11H2,1-3H3,(H,22,25). The molecule has 1 heterocycles. The zero-order chi connectivity index (χ0) is 24.5. The van der Waals surface area contributed by atoms with Gasteiger partial charge in [0, 0.05) is 17.8 Å². The van der Waals surface area contributed by atoms with Gasteiger partial charge in [-0.25, -0.2) is 9.59 Å². The van der Waals surface area contributed by atoms with Gasteiger partial charge in [0.05, 0.1) is 47.9 Å². The summed E-state index contributed by atoms with van der Waals surface area (Å²) in [5.74, 6) is -2.49. The van der Waals surface area contributed by atoms with Crippen molar-refractivity contribution in [2.45, 2.75) is 19.8 Å². The van der Waals surface area contributed by atoms with E-state index in [1.165, 1.54) is 25.3 Å². The number of allylic oxidation sites excluding steroid dienone is 1. The number of nitrogens with one attached hydrogen (secondary N) is 2. The minimum atomic E-state index is -1.48. The molecular weight excluding hydrogens is 454 g/mol. The molecule has 178 valence electrons. The van der Waals surface area contributed by atoms with Crippen LogP contribution in [-0.2, 0) is 35.0 Å². The minimum Gasteiger partial charge on any atom is -0.616 e. The second-order valence-electron chi connectivity index (χ2n) is 6.91. The van der Waals surface area contributed by atoms with E-state index in [1.807, 2.05) is 0 Å². The average Bonchev–Trinajstić information content (AvgIpc) is 2.78. The van der Waals surface area contributed by atoms with Gasteiger partial charge < -0.3 is 24.7 Å². The average molecular weight is 480 g/mol. The molecule has 1 amide bonds. The molecule has 0 aromatic heterocycles. The van der Waals surface area contributed by atoms with Crippen LogP contribution in [0.3, 0.4) is 0 Å². The molecule has 33 heavy (non-hydrogen) atoms. The molecule has 1 aliphatic rings. The molecule has 1 aromatic carbocycles. The molecule has 2 atom stereocenters. The molecule has 0 fully saturated rings. The van der Waals surface area contributed by atoms with Crippen molar-refractivity contribution in [3.05, 3.63) is 62.5 Å². The van der Waals surface area contributed by atoms with E-state index in [0.717, 1.165) is 0 Å². The van der Waals surface area contributed by atoms with E-state index in [1.54, 1.807) is 19.9 Å². The number of ether oxygens (including phenoxy) is 2. The first-order valence-electron chi connectivity index (χ1n) is 9.97. The number of nitro groups is 1. The molecule has 2 N–H and O–H groups in total. The van der Waals surface area contributed by atoms with Crippen molar-refractivity contribution in [1.29, 1.82) is 0 Å². The van der Waals surface area contributed by atoms with E-state index in [0.29, 0.717) is 17.7 Å². The number of hydrogen-bond acceptors (Lipinski definition) is 9. The van der Waals surface area contributed by atoms with E-state index in [9.17, 15) is 29.1 Å². The van der Waals surface area contributed by atoms with Gasteiger partial charge in [-0.1, -0.05) is 12.1 Å². The maximum Gasteiger partial charge on any atom is 0.336 e. The fourth-order valence-corrected chi connectivity index (χ4v) is 4.50. The van der Waals surface area contributed by atoms with Gasteiger partial charge in [0.1, 0.15) is 11.5 Å². The predicted octanol–water partition coefficient (Wildman–Crippen LogP) is 1.04. The molecular formula is C21H25N3O8S. The summed E-state index contributed by atoms with van der Waals surface area (Å²) in [6.45, 7) is 3.42. The summed E-state index contributed by atoms with van der Waals surface area (Å²) in [5.41, 5.74) is 0.794. The first-order valence-corrected chi connectivity index (χ1v) is 11.5. The molecule has 2 rings (SSSR count). The van der Waals surface area contributed by atoms with Gasteiger partial charge in [-0.2, -0.15) is 0 Å². The van der Waals surface area contributed by atoms with Crippen LogP contribution in [0.2, 0.25) is 0 Å². The highest BCUT2D eigenvalue weighted by Gasteiger charge is 2.40. The van der Waals surface area contributed by atoms with Crippen molar-refractivity contribution in [2.75, 3.05) is 31.8 Å². The smallest absolute Gasteiger partial charge is 0.336 e. The third-order valence-electron chi connectivity index (χ3n) is 4.82. The zero-order valence-electron chi connectivity index (χ0n) is 18.4. The largest absolute Gasteiger partial charge is 0.616 e. The Hall–Kier alpha value is -3.38. The topological polar surface area (TPSA) is 160 Å². The van der Waals surface area contributed by atoms with Gasteiger partial charge in [0.15, 0.2) is 0 Å². The molecule has 0 bridgehead atoms. The first-order chi connectivity index (χ1) is 15.7. The lowest BCUT2D eigenvalue weighted by molar-refractivity contribution is -0.384. The van der Waals surface area contributed by atoms with Crippen LogP contribution in [-0.4, -0.2) is 59.6 Å². The lowest BCUT2D eigenvalue weighted by Crippen LogP contribution is -2.36. The summed E-state index contributed by atoms with van der Waals surface area (Å²) >= 11 is -1.48. The number of esters is 2. The van der Waals surface area contributed by atoms with Crippen LogP contribution in [0.1, 0.15) is 25.3 Å². The van der Waals surface area contributed by atoms with Crippen molar-refractivity contribution < 1.29 is 33.3 Å². The quantitative estimate of drug-likeness (QED) is 0.118. The van der Waals surface area contributed by atoms with E-state index in [2.05, 4.69) is 10.6 Å². The van der Waals surface area contributed by atoms with Crippen molar-refractivity contribution in [3.8, 4) is 0 Å². The maximum absolute atomic E-state index is 13.0. The van der Waals surface area contributed by atoms with Crippen LogP contribution >= 0.6 is 0 Å². The third kappa shape index (κ3) is 6.33. The van der Waals surface area contributed by atoms with Gasteiger partial charge in [0.25, 0.3) is 5.69 Å². The van der Waals surface area contributed by atoms with E-state index in [4.69, 9.17) is 9.47 Å². The molecule has 12 heteroatoms. The Bertz CT molecular complexity index is 991. The number of hydrogen-bond donors (Lipinski definition) is 2. The molecule has 0 saturated carbocycles. The normalized spacial score (nSPS) is 16.5. The molecule has 1 aliphatic heterocycles. The van der Waals surface area contributed by atoms with Crippen LogP contribution < -0.4 is 10.6 Å². The number of carbonyl (C=O) groups excluding carboxylic acids is 3. The first kappa shape index (κ1) is 25.9. The van der Waals surface area contributed by atoms with Gasteiger partial charge in [-0.05, 0) is 30.6 Å².